The molecule has 1 aliphatic rings. The molecule has 1 amide bonds. The van der Waals surface area contributed by atoms with E-state index in [2.05, 4.69) is 10.0 Å². The molecule has 0 bridgehead atoms. The van der Waals surface area contributed by atoms with E-state index in [1.165, 1.54) is 52.8 Å². The summed E-state index contributed by atoms with van der Waals surface area (Å²) in [6.07, 6.45) is 1.22. The highest BCUT2D eigenvalue weighted by Crippen LogP contribution is 2.35. The number of ether oxygens (including phenoxy) is 1. The van der Waals surface area contributed by atoms with Crippen molar-refractivity contribution in [2.24, 2.45) is 0 Å². The molecule has 0 spiro atoms. The lowest BCUT2D eigenvalue weighted by molar-refractivity contribution is -0.118. The number of rotatable bonds is 10. The number of hydrogen-bond donors (Lipinski definition) is 2. The number of nitrogens with zero attached hydrogens (tertiary/aromatic N) is 1. The van der Waals surface area contributed by atoms with Crippen molar-refractivity contribution in [2.45, 2.75) is 42.5 Å². The molecule has 1 aliphatic heterocycles. The van der Waals surface area contributed by atoms with Gasteiger partial charge in [0.1, 0.15) is 5.75 Å². The maximum absolute atomic E-state index is 13.2. The normalized spacial score (nSPS) is 14.1. The van der Waals surface area contributed by atoms with Crippen LogP contribution in [-0.2, 0) is 31.3 Å². The second kappa shape index (κ2) is 11.3. The number of halogens is 1. The molecule has 4 rings (SSSR count). The third kappa shape index (κ3) is 6.29. The van der Waals surface area contributed by atoms with Crippen molar-refractivity contribution in [1.82, 2.24) is 4.72 Å². The molecule has 0 saturated carbocycles. The van der Waals surface area contributed by atoms with E-state index in [-0.39, 0.29) is 22.4 Å². The van der Waals surface area contributed by atoms with Gasteiger partial charge in [0.15, 0.2) is 6.61 Å². The maximum atomic E-state index is 13.2. The van der Waals surface area contributed by atoms with Gasteiger partial charge in [0.25, 0.3) is 15.9 Å². The lowest BCUT2D eigenvalue weighted by atomic mass is 10.1. The Balaban J connectivity index is 1.39. The molecule has 0 radical (unpaired) electrons. The molecule has 12 heteroatoms. The molecule has 9 nitrogen and oxygen atoms in total. The summed E-state index contributed by atoms with van der Waals surface area (Å²) in [4.78, 5) is 12.7. The third-order valence-corrected chi connectivity index (χ3v) is 9.78. The van der Waals surface area contributed by atoms with Crippen LogP contribution in [0.25, 0.3) is 0 Å². The third-order valence-electron chi connectivity index (χ3n) is 6.10. The minimum absolute atomic E-state index is 0.103. The van der Waals surface area contributed by atoms with E-state index in [0.29, 0.717) is 41.5 Å². The second-order valence-electron chi connectivity index (χ2n) is 8.86. The minimum Gasteiger partial charge on any atom is -0.484 e. The van der Waals surface area contributed by atoms with E-state index in [9.17, 15) is 21.6 Å². The molecule has 0 fully saturated rings. The summed E-state index contributed by atoms with van der Waals surface area (Å²) < 4.78 is 60.5. The number of fused-ring (bicyclic) bond motifs is 1. The molecular weight excluding hydrogens is 550 g/mol. The zero-order valence-electron chi connectivity index (χ0n) is 20.8. The number of sulfonamides is 2. The molecule has 0 aromatic heterocycles. The lowest BCUT2D eigenvalue weighted by Gasteiger charge is -2.20. The fraction of sp³-hybridized carbons (Fsp3) is 0.269. The Labute approximate surface area is 227 Å². The van der Waals surface area contributed by atoms with E-state index in [4.69, 9.17) is 16.3 Å². The second-order valence-corrected chi connectivity index (χ2v) is 12.9. The highest BCUT2D eigenvalue weighted by atomic mass is 35.5. The zero-order chi connectivity index (χ0) is 27.5. The first-order valence-corrected chi connectivity index (χ1v) is 15.3. The monoisotopic (exact) mass is 577 g/mol. The van der Waals surface area contributed by atoms with Crippen LogP contribution in [0.3, 0.4) is 0 Å². The van der Waals surface area contributed by atoms with Gasteiger partial charge in [0.05, 0.1) is 15.5 Å². The van der Waals surface area contributed by atoms with Crippen LogP contribution >= 0.6 is 11.6 Å². The average Bonchev–Trinajstić information content (AvgIpc) is 3.32. The van der Waals surface area contributed by atoms with Gasteiger partial charge in [0, 0.05) is 23.3 Å². The summed E-state index contributed by atoms with van der Waals surface area (Å²) in [5.74, 6) is -0.123. The van der Waals surface area contributed by atoms with Gasteiger partial charge >= 0.3 is 0 Å². The first-order chi connectivity index (χ1) is 18.0. The van der Waals surface area contributed by atoms with E-state index < -0.39 is 26.0 Å². The van der Waals surface area contributed by atoms with E-state index >= 15 is 0 Å². The van der Waals surface area contributed by atoms with Crippen molar-refractivity contribution in [3.05, 3.63) is 77.3 Å². The van der Waals surface area contributed by atoms with Gasteiger partial charge < -0.3 is 10.1 Å². The predicted molar refractivity (Wildman–Crippen MR) is 147 cm³/mol. The molecule has 38 heavy (non-hydrogen) atoms. The van der Waals surface area contributed by atoms with Gasteiger partial charge in [-0.05, 0) is 86.0 Å². The van der Waals surface area contributed by atoms with Gasteiger partial charge in [-0.3, -0.25) is 9.10 Å². The number of amides is 1. The molecule has 1 heterocycles. The van der Waals surface area contributed by atoms with Crippen molar-refractivity contribution >= 4 is 48.9 Å². The van der Waals surface area contributed by atoms with Gasteiger partial charge in [0.2, 0.25) is 10.0 Å². The number of benzene rings is 3. The minimum atomic E-state index is -3.79. The van der Waals surface area contributed by atoms with Gasteiger partial charge in [-0.25, -0.2) is 21.6 Å². The fourth-order valence-electron chi connectivity index (χ4n) is 3.89. The van der Waals surface area contributed by atoms with Crippen molar-refractivity contribution in [2.75, 3.05) is 22.8 Å². The molecule has 0 aliphatic carbocycles. The molecule has 202 valence electrons. The Bertz CT molecular complexity index is 1530. The van der Waals surface area contributed by atoms with Gasteiger partial charge in [-0.2, -0.15) is 0 Å². The molecule has 3 aromatic carbocycles. The number of anilines is 2. The predicted octanol–water partition coefficient (Wildman–Crippen LogP) is 4.19. The van der Waals surface area contributed by atoms with Crippen molar-refractivity contribution in [1.29, 1.82) is 0 Å². The first-order valence-electron chi connectivity index (χ1n) is 12.0. The maximum Gasteiger partial charge on any atom is 0.264 e. The Hall–Kier alpha value is -3.12. The number of hydrogen-bond acceptors (Lipinski definition) is 6. The van der Waals surface area contributed by atoms with Crippen LogP contribution in [0.15, 0.2) is 76.5 Å². The van der Waals surface area contributed by atoms with Crippen molar-refractivity contribution in [3.63, 3.8) is 0 Å². The summed E-state index contributed by atoms with van der Waals surface area (Å²) in [7, 11) is -7.43. The summed E-state index contributed by atoms with van der Waals surface area (Å²) >= 11 is 5.90. The molecule has 3 aromatic rings. The quantitative estimate of drug-likeness (QED) is 0.373. The Morgan fingerprint density at radius 2 is 1.66 bits per heavy atom. The highest BCUT2D eigenvalue weighted by Gasteiger charge is 2.31. The number of carbonyl (C=O) groups is 1. The van der Waals surface area contributed by atoms with Crippen LogP contribution in [0.4, 0.5) is 11.4 Å². The average molecular weight is 578 g/mol. The van der Waals surface area contributed by atoms with Crippen LogP contribution in [0, 0.1) is 0 Å². The molecule has 1 atom stereocenters. The molecule has 0 saturated heterocycles. The first kappa shape index (κ1) is 27.9. The molecule has 2 N–H and O–H groups in total. The fourth-order valence-corrected chi connectivity index (χ4v) is 6.84. The summed E-state index contributed by atoms with van der Waals surface area (Å²) in [5.41, 5.74) is 1.78. The van der Waals surface area contributed by atoms with Crippen LogP contribution in [0.5, 0.6) is 5.75 Å². The number of carbonyl (C=O) groups excluding carboxylic acids is 1. The summed E-state index contributed by atoms with van der Waals surface area (Å²) in [6.45, 7) is 3.64. The lowest BCUT2D eigenvalue weighted by Crippen LogP contribution is -2.31. The smallest absolute Gasteiger partial charge is 0.264 e. The van der Waals surface area contributed by atoms with E-state index in [1.54, 1.807) is 25.1 Å². The summed E-state index contributed by atoms with van der Waals surface area (Å²) in [6, 6.07) is 16.7. The SMILES string of the molecule is CC[C@H](C)NS(=O)(=O)c1ccc(OCC(=O)Nc2ccc3c(c2)N(S(=O)(=O)c2ccc(Cl)cc2)CC3)cc1. The van der Waals surface area contributed by atoms with Crippen molar-refractivity contribution < 1.29 is 26.4 Å². The number of nitrogens with one attached hydrogen (secondary N) is 2. The molecule has 0 unspecified atom stereocenters. The Morgan fingerprint density at radius 3 is 2.32 bits per heavy atom. The van der Waals surface area contributed by atoms with Crippen molar-refractivity contribution in [3.8, 4) is 5.75 Å². The summed E-state index contributed by atoms with van der Waals surface area (Å²) in [5, 5.41) is 3.16. The van der Waals surface area contributed by atoms with Crippen LogP contribution < -0.4 is 19.1 Å². The Kier molecular flexibility index (Phi) is 8.31. The Morgan fingerprint density at radius 1 is 1.00 bits per heavy atom. The van der Waals surface area contributed by atoms with Gasteiger partial charge in [-0.1, -0.05) is 24.6 Å². The standard InChI is InChI=1S/C26H28ClN3O6S2/c1-3-18(2)29-37(32,33)23-12-8-22(9-13-23)36-17-26(31)28-21-7-4-19-14-15-30(25(19)16-21)38(34,35)24-10-5-20(27)6-11-24/h4-13,16,18,29H,3,14-15,17H2,1-2H3,(H,28,31)/t18-/m0/s1. The topological polar surface area (TPSA) is 122 Å². The van der Waals surface area contributed by atoms with Crippen LogP contribution in [0.2, 0.25) is 5.02 Å². The largest absolute Gasteiger partial charge is 0.484 e. The van der Waals surface area contributed by atoms with E-state index in [0.717, 1.165) is 5.56 Å². The zero-order valence-corrected chi connectivity index (χ0v) is 23.2. The van der Waals surface area contributed by atoms with Gasteiger partial charge in [-0.15, -0.1) is 0 Å². The van der Waals surface area contributed by atoms with Crippen LogP contribution in [-0.4, -0.2) is 41.9 Å². The van der Waals surface area contributed by atoms with Crippen LogP contribution in [0.1, 0.15) is 25.8 Å². The van der Waals surface area contributed by atoms with E-state index in [1.807, 2.05) is 6.92 Å². The highest BCUT2D eigenvalue weighted by molar-refractivity contribution is 7.92. The molecular formula is C26H28ClN3O6S2.